The Balaban J connectivity index is 0.000000330. The highest BCUT2D eigenvalue weighted by molar-refractivity contribution is 6.31. The van der Waals surface area contributed by atoms with Gasteiger partial charge in [-0.15, -0.1) is 0 Å². The van der Waals surface area contributed by atoms with Crippen molar-refractivity contribution in [3.63, 3.8) is 0 Å². The van der Waals surface area contributed by atoms with E-state index in [4.69, 9.17) is 11.6 Å². The molecule has 2 heteroatoms. The predicted molar refractivity (Wildman–Crippen MR) is 110 cm³/mol. The van der Waals surface area contributed by atoms with Crippen molar-refractivity contribution in [2.24, 2.45) is 0 Å². The number of rotatable bonds is 0. The third kappa shape index (κ3) is 12.0. The molecule has 3 aromatic rings. The summed E-state index contributed by atoms with van der Waals surface area (Å²) in [5.74, 6) is -0.171. The van der Waals surface area contributed by atoms with Gasteiger partial charge in [-0.2, -0.15) is 0 Å². The molecule has 0 aliphatic carbocycles. The minimum absolute atomic E-state index is 0.171. The van der Waals surface area contributed by atoms with Gasteiger partial charge < -0.3 is 0 Å². The molecule has 0 spiro atoms. The first kappa shape index (κ1) is 22.9. The maximum Gasteiger partial charge on any atom is 0.123 e. The van der Waals surface area contributed by atoms with Gasteiger partial charge in [-0.25, -0.2) is 4.39 Å². The quantitative estimate of drug-likeness (QED) is 0.384. The first-order chi connectivity index (χ1) is 12.0. The first-order valence-electron chi connectivity index (χ1n) is 8.44. The molecular weight excluding hydrogens is 331 g/mol. The molecule has 0 heterocycles. The summed E-state index contributed by atoms with van der Waals surface area (Å²) in [6.07, 6.45) is 0. The van der Waals surface area contributed by atoms with Crippen LogP contribution in [0.25, 0.3) is 0 Å². The Bertz CT molecular complexity index is 634. The SMILES string of the molecule is CC.Cc1ccc(F)cc1.Cc1ccccc1.Cc1ccccc1Cl. The maximum atomic E-state index is 12.1. The van der Waals surface area contributed by atoms with Gasteiger partial charge in [-0.05, 0) is 44.5 Å². The van der Waals surface area contributed by atoms with Crippen molar-refractivity contribution in [2.45, 2.75) is 34.6 Å². The van der Waals surface area contributed by atoms with Crippen molar-refractivity contribution in [2.75, 3.05) is 0 Å². The lowest BCUT2D eigenvalue weighted by Gasteiger charge is -1.90. The standard InChI is InChI=1S/C7H7Cl.C7H7F.C7H8.C2H6/c1-6-4-2-3-5-7(6)8;1-6-2-4-7(8)5-3-6;1-7-5-3-2-4-6-7;1-2/h2*2-5H,1H3;2-6H,1H3;1-2H3. The summed E-state index contributed by atoms with van der Waals surface area (Å²) in [5.41, 5.74) is 3.54. The second-order valence-electron chi connectivity index (χ2n) is 5.20. The third-order valence-electron chi connectivity index (χ3n) is 3.03. The maximum absolute atomic E-state index is 12.1. The van der Waals surface area contributed by atoms with E-state index in [9.17, 15) is 4.39 Å². The van der Waals surface area contributed by atoms with Crippen molar-refractivity contribution in [1.82, 2.24) is 0 Å². The molecule has 0 atom stereocenters. The lowest BCUT2D eigenvalue weighted by atomic mass is 10.2. The van der Waals surface area contributed by atoms with E-state index in [-0.39, 0.29) is 5.82 Å². The minimum atomic E-state index is -0.171. The zero-order valence-electron chi connectivity index (χ0n) is 15.8. The number of halogens is 2. The average molecular weight is 359 g/mol. The van der Waals surface area contributed by atoms with E-state index in [1.54, 1.807) is 12.1 Å². The van der Waals surface area contributed by atoms with E-state index < -0.39 is 0 Å². The molecule has 0 saturated carbocycles. The molecule has 3 aromatic carbocycles. The van der Waals surface area contributed by atoms with Gasteiger partial charge in [-0.1, -0.05) is 97.2 Å². The summed E-state index contributed by atoms with van der Waals surface area (Å²) in [7, 11) is 0. The molecule has 0 aliphatic heterocycles. The van der Waals surface area contributed by atoms with E-state index >= 15 is 0 Å². The van der Waals surface area contributed by atoms with Crippen LogP contribution >= 0.6 is 11.6 Å². The Morgan fingerprint density at radius 1 is 0.600 bits per heavy atom. The van der Waals surface area contributed by atoms with Crippen molar-refractivity contribution in [1.29, 1.82) is 0 Å². The predicted octanol–water partition coefficient (Wildman–Crippen LogP) is 7.80. The highest BCUT2D eigenvalue weighted by atomic mass is 35.5. The normalized spacial score (nSPS) is 8.60. The van der Waals surface area contributed by atoms with Gasteiger partial charge in [0.15, 0.2) is 0 Å². The minimum Gasteiger partial charge on any atom is -0.207 e. The van der Waals surface area contributed by atoms with Crippen molar-refractivity contribution < 1.29 is 4.39 Å². The van der Waals surface area contributed by atoms with Gasteiger partial charge in [0.2, 0.25) is 0 Å². The van der Waals surface area contributed by atoms with Crippen molar-refractivity contribution in [3.8, 4) is 0 Å². The Labute approximate surface area is 157 Å². The molecule has 0 unspecified atom stereocenters. The van der Waals surface area contributed by atoms with E-state index in [1.165, 1.54) is 17.7 Å². The number of aryl methyl sites for hydroxylation is 3. The summed E-state index contributed by atoms with van der Waals surface area (Å²) in [6.45, 7) is 10.0. The first-order valence-corrected chi connectivity index (χ1v) is 8.82. The van der Waals surface area contributed by atoms with E-state index in [2.05, 4.69) is 19.1 Å². The highest BCUT2D eigenvalue weighted by Gasteiger charge is 1.86. The molecule has 0 aliphatic rings. The molecule has 0 bridgehead atoms. The van der Waals surface area contributed by atoms with Gasteiger partial charge in [0.25, 0.3) is 0 Å². The Morgan fingerprint density at radius 2 is 1.04 bits per heavy atom. The van der Waals surface area contributed by atoms with Gasteiger partial charge in [-0.3, -0.25) is 0 Å². The lowest BCUT2D eigenvalue weighted by molar-refractivity contribution is 0.627. The molecule has 0 aromatic heterocycles. The van der Waals surface area contributed by atoms with Crippen molar-refractivity contribution in [3.05, 3.63) is 106 Å². The summed E-state index contributed by atoms with van der Waals surface area (Å²) in [6, 6.07) is 24.4. The van der Waals surface area contributed by atoms with Gasteiger partial charge in [0.1, 0.15) is 5.82 Å². The fraction of sp³-hybridized carbons (Fsp3) is 0.217. The monoisotopic (exact) mass is 358 g/mol. The topological polar surface area (TPSA) is 0 Å². The van der Waals surface area contributed by atoms with Crippen LogP contribution in [0.3, 0.4) is 0 Å². The molecule has 0 N–H and O–H groups in total. The number of hydrogen-bond acceptors (Lipinski definition) is 0. The summed E-state index contributed by atoms with van der Waals surface area (Å²) < 4.78 is 12.1. The van der Waals surface area contributed by atoms with Gasteiger partial charge in [0, 0.05) is 5.02 Å². The Morgan fingerprint density at radius 3 is 1.36 bits per heavy atom. The van der Waals surface area contributed by atoms with E-state index in [0.29, 0.717) is 0 Å². The molecule has 134 valence electrons. The molecular formula is C23H28ClF. The van der Waals surface area contributed by atoms with E-state index in [0.717, 1.165) is 16.1 Å². The number of benzene rings is 3. The third-order valence-corrected chi connectivity index (χ3v) is 3.45. The molecule has 25 heavy (non-hydrogen) atoms. The molecule has 0 radical (unpaired) electrons. The fourth-order valence-corrected chi connectivity index (χ4v) is 1.75. The lowest BCUT2D eigenvalue weighted by Crippen LogP contribution is -1.71. The van der Waals surface area contributed by atoms with Gasteiger partial charge in [0.05, 0.1) is 0 Å². The van der Waals surface area contributed by atoms with Crippen LogP contribution in [0.4, 0.5) is 4.39 Å². The van der Waals surface area contributed by atoms with Crippen LogP contribution in [-0.2, 0) is 0 Å². The van der Waals surface area contributed by atoms with Crippen LogP contribution in [-0.4, -0.2) is 0 Å². The summed E-state index contributed by atoms with van der Waals surface area (Å²) in [5, 5.41) is 0.840. The van der Waals surface area contributed by atoms with Crippen LogP contribution in [0.1, 0.15) is 30.5 Å². The van der Waals surface area contributed by atoms with Crippen LogP contribution in [0.15, 0.2) is 78.9 Å². The largest absolute Gasteiger partial charge is 0.207 e. The van der Waals surface area contributed by atoms with Crippen LogP contribution in [0, 0.1) is 26.6 Å². The average Bonchev–Trinajstić information content (AvgIpc) is 2.64. The van der Waals surface area contributed by atoms with Crippen molar-refractivity contribution >= 4 is 11.6 Å². The molecule has 3 rings (SSSR count). The molecule has 0 amide bonds. The Kier molecular flexibility index (Phi) is 13.0. The highest BCUT2D eigenvalue weighted by Crippen LogP contribution is 2.11. The number of hydrogen-bond donors (Lipinski definition) is 0. The summed E-state index contributed by atoms with van der Waals surface area (Å²) in [4.78, 5) is 0. The van der Waals surface area contributed by atoms with Gasteiger partial charge >= 0.3 is 0 Å². The second-order valence-corrected chi connectivity index (χ2v) is 5.61. The smallest absolute Gasteiger partial charge is 0.123 e. The fourth-order valence-electron chi connectivity index (χ4n) is 1.62. The second kappa shape index (κ2) is 14.2. The zero-order valence-corrected chi connectivity index (χ0v) is 16.5. The van der Waals surface area contributed by atoms with E-state index in [1.807, 2.05) is 70.2 Å². The Hall–Kier alpha value is -2.12. The molecule has 0 fully saturated rings. The van der Waals surface area contributed by atoms with Crippen LogP contribution in [0.5, 0.6) is 0 Å². The molecule has 0 nitrogen and oxygen atoms in total. The van der Waals surface area contributed by atoms with Crippen LogP contribution in [0.2, 0.25) is 5.02 Å². The molecule has 0 saturated heterocycles. The zero-order chi connectivity index (χ0) is 19.1. The van der Waals surface area contributed by atoms with Crippen LogP contribution < -0.4 is 0 Å². The summed E-state index contributed by atoms with van der Waals surface area (Å²) >= 11 is 5.71.